The van der Waals surface area contributed by atoms with Crippen LogP contribution in [0.4, 0.5) is 5.69 Å². The lowest BCUT2D eigenvalue weighted by Gasteiger charge is -2.39. The molecule has 124 valence electrons. The summed E-state index contributed by atoms with van der Waals surface area (Å²) in [6.45, 7) is 2.66. The van der Waals surface area contributed by atoms with Crippen molar-refractivity contribution in [2.45, 2.75) is 12.5 Å². The molecular weight excluding hydrogens is 306 g/mol. The van der Waals surface area contributed by atoms with Crippen LogP contribution < -0.4 is 5.32 Å². The van der Waals surface area contributed by atoms with Crippen LogP contribution in [0.25, 0.3) is 5.76 Å². The molecule has 1 heterocycles. The van der Waals surface area contributed by atoms with Crippen LogP contribution in [0.3, 0.4) is 0 Å². The van der Waals surface area contributed by atoms with Crippen LogP contribution in [-0.2, 0) is 10.3 Å². The Kier molecular flexibility index (Phi) is 4.02. The molecule has 0 fully saturated rings. The average molecular weight is 327 g/mol. The summed E-state index contributed by atoms with van der Waals surface area (Å²) in [5, 5.41) is 3.78. The second-order valence-corrected chi connectivity index (χ2v) is 6.15. The van der Waals surface area contributed by atoms with E-state index in [0.29, 0.717) is 6.61 Å². The molecule has 0 spiro atoms. The number of ether oxygens (including phenoxy) is 1. The van der Waals surface area contributed by atoms with Gasteiger partial charge >= 0.3 is 0 Å². The smallest absolute Gasteiger partial charge is 0.127 e. The number of nitrogens with one attached hydrogen (secondary N) is 1. The molecule has 1 N–H and O–H groups in total. The number of benzene rings is 3. The first-order chi connectivity index (χ1) is 12.3. The van der Waals surface area contributed by atoms with Gasteiger partial charge in [-0.05, 0) is 36.3 Å². The van der Waals surface area contributed by atoms with Crippen molar-refractivity contribution in [2.24, 2.45) is 0 Å². The molecule has 3 aromatic carbocycles. The highest BCUT2D eigenvalue weighted by Gasteiger charge is 2.37. The molecule has 0 bridgehead atoms. The molecule has 2 heteroatoms. The predicted octanol–water partition coefficient (Wildman–Crippen LogP) is 5.43. The molecule has 0 aromatic heterocycles. The summed E-state index contributed by atoms with van der Waals surface area (Å²) in [6, 6.07) is 29.4. The Morgan fingerprint density at radius 2 is 1.32 bits per heavy atom. The number of para-hydroxylation sites is 1. The zero-order valence-corrected chi connectivity index (χ0v) is 14.3. The van der Waals surface area contributed by atoms with E-state index >= 15 is 0 Å². The Balaban J connectivity index is 1.98. The molecule has 0 aliphatic carbocycles. The molecule has 0 atom stereocenters. The van der Waals surface area contributed by atoms with Crippen LogP contribution in [0.15, 0.2) is 91.0 Å². The van der Waals surface area contributed by atoms with Crippen molar-refractivity contribution < 1.29 is 4.74 Å². The maximum absolute atomic E-state index is 6.03. The van der Waals surface area contributed by atoms with E-state index in [9.17, 15) is 0 Å². The van der Waals surface area contributed by atoms with E-state index in [2.05, 4.69) is 78.1 Å². The zero-order chi connectivity index (χ0) is 17.1. The highest BCUT2D eigenvalue weighted by molar-refractivity contribution is 5.80. The third kappa shape index (κ3) is 2.70. The summed E-state index contributed by atoms with van der Waals surface area (Å²) in [4.78, 5) is 0. The van der Waals surface area contributed by atoms with Gasteiger partial charge in [0.15, 0.2) is 0 Å². The lowest BCUT2D eigenvalue weighted by Crippen LogP contribution is -2.37. The summed E-state index contributed by atoms with van der Waals surface area (Å²) in [5.41, 5.74) is 4.11. The minimum absolute atomic E-state index is 0.457. The number of rotatable bonds is 4. The second kappa shape index (κ2) is 6.48. The fourth-order valence-electron chi connectivity index (χ4n) is 3.48. The van der Waals surface area contributed by atoms with Crippen molar-refractivity contribution >= 4 is 11.4 Å². The standard InChI is InChI=1S/C23H21NO/c1-2-25-22-17-23(18-11-5-3-6-12-18,19-13-7-4-8-14-19)24-21-16-10-9-15-20(21)22/h3-17,24H,2H2,1H3. The third-order valence-electron chi connectivity index (χ3n) is 4.63. The predicted molar refractivity (Wildman–Crippen MR) is 103 cm³/mol. The van der Waals surface area contributed by atoms with Gasteiger partial charge < -0.3 is 10.1 Å². The molecule has 0 amide bonds. The highest BCUT2D eigenvalue weighted by Crippen LogP contribution is 2.43. The van der Waals surface area contributed by atoms with Gasteiger partial charge in [0.05, 0.1) is 6.61 Å². The average Bonchev–Trinajstić information content (AvgIpc) is 2.69. The van der Waals surface area contributed by atoms with Crippen molar-refractivity contribution in [1.29, 1.82) is 0 Å². The quantitative estimate of drug-likeness (QED) is 0.689. The monoisotopic (exact) mass is 327 g/mol. The maximum atomic E-state index is 6.03. The molecule has 0 unspecified atom stereocenters. The lowest BCUT2D eigenvalue weighted by molar-refractivity contribution is 0.294. The molecule has 25 heavy (non-hydrogen) atoms. The molecule has 1 aliphatic rings. The van der Waals surface area contributed by atoms with Crippen LogP contribution in [0.5, 0.6) is 0 Å². The Morgan fingerprint density at radius 1 is 0.760 bits per heavy atom. The van der Waals surface area contributed by atoms with Gasteiger partial charge in [0.25, 0.3) is 0 Å². The van der Waals surface area contributed by atoms with Gasteiger partial charge in [-0.15, -0.1) is 0 Å². The molecule has 0 saturated carbocycles. The van der Waals surface area contributed by atoms with Crippen LogP contribution >= 0.6 is 0 Å². The molecule has 1 aliphatic heterocycles. The van der Waals surface area contributed by atoms with Crippen molar-refractivity contribution in [2.75, 3.05) is 11.9 Å². The number of anilines is 1. The van der Waals surface area contributed by atoms with Gasteiger partial charge in [0.1, 0.15) is 11.3 Å². The molecular formula is C23H21NO. The summed E-state index contributed by atoms with van der Waals surface area (Å²) in [5.74, 6) is 0.921. The lowest BCUT2D eigenvalue weighted by atomic mass is 9.79. The van der Waals surface area contributed by atoms with E-state index in [4.69, 9.17) is 4.74 Å². The number of hydrogen-bond acceptors (Lipinski definition) is 2. The molecule has 0 saturated heterocycles. The number of hydrogen-bond donors (Lipinski definition) is 1. The Bertz CT molecular complexity index is 845. The maximum Gasteiger partial charge on any atom is 0.127 e. The van der Waals surface area contributed by atoms with Crippen molar-refractivity contribution in [3.8, 4) is 0 Å². The van der Waals surface area contributed by atoms with Crippen LogP contribution in [0.2, 0.25) is 0 Å². The third-order valence-corrected chi connectivity index (χ3v) is 4.63. The Labute approximate surface area is 148 Å². The fourth-order valence-corrected chi connectivity index (χ4v) is 3.48. The molecule has 0 radical (unpaired) electrons. The fraction of sp³-hybridized carbons (Fsp3) is 0.130. The summed E-state index contributed by atoms with van der Waals surface area (Å²) in [7, 11) is 0. The topological polar surface area (TPSA) is 21.3 Å². The van der Waals surface area contributed by atoms with Crippen LogP contribution in [-0.4, -0.2) is 6.61 Å². The van der Waals surface area contributed by atoms with Gasteiger partial charge in [-0.3, -0.25) is 0 Å². The SMILES string of the molecule is CCOC1=CC(c2ccccc2)(c2ccccc2)Nc2ccccc21. The summed E-state index contributed by atoms with van der Waals surface area (Å²) < 4.78 is 6.03. The van der Waals surface area contributed by atoms with Gasteiger partial charge in [-0.25, -0.2) is 0 Å². The Hall–Kier alpha value is -3.00. The van der Waals surface area contributed by atoms with E-state index in [1.165, 1.54) is 11.1 Å². The van der Waals surface area contributed by atoms with Gasteiger partial charge in [0, 0.05) is 11.3 Å². The first-order valence-electron chi connectivity index (χ1n) is 8.68. The number of fused-ring (bicyclic) bond motifs is 1. The zero-order valence-electron chi connectivity index (χ0n) is 14.3. The van der Waals surface area contributed by atoms with E-state index in [1.54, 1.807) is 0 Å². The molecule has 3 aromatic rings. The molecule has 4 rings (SSSR count). The van der Waals surface area contributed by atoms with Crippen LogP contribution in [0.1, 0.15) is 23.6 Å². The van der Waals surface area contributed by atoms with E-state index in [-0.39, 0.29) is 0 Å². The van der Waals surface area contributed by atoms with E-state index in [0.717, 1.165) is 17.0 Å². The first kappa shape index (κ1) is 15.5. The highest BCUT2D eigenvalue weighted by atomic mass is 16.5. The normalized spacial score (nSPS) is 14.8. The van der Waals surface area contributed by atoms with Gasteiger partial charge in [-0.2, -0.15) is 0 Å². The van der Waals surface area contributed by atoms with Crippen molar-refractivity contribution in [1.82, 2.24) is 0 Å². The van der Waals surface area contributed by atoms with Crippen molar-refractivity contribution in [3.63, 3.8) is 0 Å². The molecule has 2 nitrogen and oxygen atoms in total. The van der Waals surface area contributed by atoms with Crippen LogP contribution in [0, 0.1) is 0 Å². The van der Waals surface area contributed by atoms with Gasteiger partial charge in [-0.1, -0.05) is 72.8 Å². The van der Waals surface area contributed by atoms with Crippen molar-refractivity contribution in [3.05, 3.63) is 108 Å². The minimum Gasteiger partial charge on any atom is -0.493 e. The van der Waals surface area contributed by atoms with E-state index < -0.39 is 5.54 Å². The largest absolute Gasteiger partial charge is 0.493 e. The second-order valence-electron chi connectivity index (χ2n) is 6.15. The minimum atomic E-state index is -0.457. The Morgan fingerprint density at radius 3 is 1.92 bits per heavy atom. The first-order valence-corrected chi connectivity index (χ1v) is 8.68. The summed E-state index contributed by atoms with van der Waals surface area (Å²) >= 11 is 0. The van der Waals surface area contributed by atoms with Gasteiger partial charge in [0.2, 0.25) is 0 Å². The summed E-state index contributed by atoms with van der Waals surface area (Å²) in [6.07, 6.45) is 2.21. The van der Waals surface area contributed by atoms with E-state index in [1.807, 2.05) is 25.1 Å².